The Balaban J connectivity index is 0.00000280. The standard InChI is InChI=1S/C18H21N5O3S.3H2/c1-11(2)27(24,25)14-6-4-13(5-7-14)15-10-20-12(3)17(21-15)18-23-22-16(26-18)8-9-19;;;/h4-7,10-11H,8-9,19H2,1-3H3;3*1H. The summed E-state index contributed by atoms with van der Waals surface area (Å²) < 4.78 is 30.1. The minimum atomic E-state index is -3.32. The molecule has 0 aliphatic carbocycles. The minimum Gasteiger partial charge on any atom is -0.419 e. The van der Waals surface area contributed by atoms with Gasteiger partial charge in [-0.2, -0.15) is 0 Å². The van der Waals surface area contributed by atoms with E-state index in [0.717, 1.165) is 5.56 Å². The average Bonchev–Trinajstić information content (AvgIpc) is 3.11. The molecule has 0 atom stereocenters. The van der Waals surface area contributed by atoms with Crippen LogP contribution >= 0.6 is 0 Å². The van der Waals surface area contributed by atoms with E-state index in [1.165, 1.54) is 0 Å². The number of hydrogen-bond acceptors (Lipinski definition) is 8. The predicted octanol–water partition coefficient (Wildman–Crippen LogP) is 2.92. The minimum absolute atomic E-state index is 0. The summed E-state index contributed by atoms with van der Waals surface area (Å²) in [5.74, 6) is 0.728. The molecule has 2 heterocycles. The Morgan fingerprint density at radius 3 is 2.52 bits per heavy atom. The highest BCUT2D eigenvalue weighted by atomic mass is 32.2. The zero-order valence-corrected chi connectivity index (χ0v) is 16.2. The van der Waals surface area contributed by atoms with Gasteiger partial charge < -0.3 is 10.2 Å². The van der Waals surface area contributed by atoms with E-state index in [1.54, 1.807) is 51.2 Å². The summed E-state index contributed by atoms with van der Waals surface area (Å²) in [4.78, 5) is 9.21. The molecule has 3 aromatic rings. The molecule has 8 nitrogen and oxygen atoms in total. The first-order valence-electron chi connectivity index (χ1n) is 8.53. The van der Waals surface area contributed by atoms with Crippen molar-refractivity contribution in [2.45, 2.75) is 37.3 Å². The third-order valence-corrected chi connectivity index (χ3v) is 6.25. The van der Waals surface area contributed by atoms with Gasteiger partial charge in [0.05, 0.1) is 27.7 Å². The van der Waals surface area contributed by atoms with Gasteiger partial charge in [0.2, 0.25) is 5.89 Å². The van der Waals surface area contributed by atoms with Crippen molar-refractivity contribution in [1.82, 2.24) is 20.2 Å². The molecule has 0 saturated carbocycles. The van der Waals surface area contributed by atoms with E-state index in [4.69, 9.17) is 10.2 Å². The van der Waals surface area contributed by atoms with Crippen LogP contribution in [0.4, 0.5) is 0 Å². The van der Waals surface area contributed by atoms with Gasteiger partial charge in [-0.15, -0.1) is 10.2 Å². The first-order valence-corrected chi connectivity index (χ1v) is 10.1. The average molecular weight is 394 g/mol. The molecule has 0 saturated heterocycles. The Hall–Kier alpha value is -2.65. The van der Waals surface area contributed by atoms with Gasteiger partial charge in [0.1, 0.15) is 5.69 Å². The molecule has 2 aromatic heterocycles. The molecule has 0 aliphatic heterocycles. The van der Waals surface area contributed by atoms with Crippen LogP contribution in [0.15, 0.2) is 39.8 Å². The molecule has 0 amide bonds. The molecule has 0 spiro atoms. The summed E-state index contributed by atoms with van der Waals surface area (Å²) in [7, 11) is -3.32. The summed E-state index contributed by atoms with van der Waals surface area (Å²) in [6.45, 7) is 5.53. The second kappa shape index (κ2) is 7.53. The number of nitrogens with two attached hydrogens (primary N) is 1. The molecule has 27 heavy (non-hydrogen) atoms. The topological polar surface area (TPSA) is 125 Å². The highest BCUT2D eigenvalue weighted by Crippen LogP contribution is 2.25. The number of benzene rings is 1. The van der Waals surface area contributed by atoms with E-state index >= 15 is 0 Å². The third-order valence-electron chi connectivity index (χ3n) is 4.08. The normalized spacial score (nSPS) is 11.9. The maximum absolute atomic E-state index is 12.3. The summed E-state index contributed by atoms with van der Waals surface area (Å²) in [6.07, 6.45) is 2.12. The van der Waals surface area contributed by atoms with E-state index in [2.05, 4.69) is 20.2 Å². The number of nitrogens with zero attached hydrogens (tertiary/aromatic N) is 4. The molecule has 3 rings (SSSR count). The lowest BCUT2D eigenvalue weighted by Gasteiger charge is -2.09. The van der Waals surface area contributed by atoms with Crippen molar-refractivity contribution in [1.29, 1.82) is 0 Å². The molecule has 148 valence electrons. The van der Waals surface area contributed by atoms with E-state index in [9.17, 15) is 8.42 Å². The maximum atomic E-state index is 12.3. The van der Waals surface area contributed by atoms with Gasteiger partial charge in [0.15, 0.2) is 9.84 Å². The Labute approximate surface area is 162 Å². The zero-order valence-electron chi connectivity index (χ0n) is 15.4. The fourth-order valence-electron chi connectivity index (χ4n) is 2.45. The summed E-state index contributed by atoms with van der Waals surface area (Å²) >= 11 is 0. The van der Waals surface area contributed by atoms with Gasteiger partial charge in [0, 0.05) is 22.8 Å². The molecule has 0 unspecified atom stereocenters. The van der Waals surface area contributed by atoms with Crippen LogP contribution in [0.3, 0.4) is 0 Å². The molecule has 0 aliphatic rings. The summed E-state index contributed by atoms with van der Waals surface area (Å²) in [5.41, 5.74) is 7.97. The maximum Gasteiger partial charge on any atom is 0.268 e. The summed E-state index contributed by atoms with van der Waals surface area (Å²) in [5, 5.41) is 7.48. The highest BCUT2D eigenvalue weighted by molar-refractivity contribution is 7.92. The van der Waals surface area contributed by atoms with Crippen molar-refractivity contribution in [3.05, 3.63) is 42.0 Å². The molecular formula is C18H27N5O3S. The molecule has 1 aromatic carbocycles. The van der Waals surface area contributed by atoms with Gasteiger partial charge in [-0.05, 0) is 32.9 Å². The molecule has 9 heteroatoms. The van der Waals surface area contributed by atoms with Gasteiger partial charge in [-0.25, -0.2) is 13.4 Å². The van der Waals surface area contributed by atoms with Crippen molar-refractivity contribution in [3.63, 3.8) is 0 Å². The van der Waals surface area contributed by atoms with Crippen molar-refractivity contribution in [2.24, 2.45) is 5.73 Å². The fraction of sp³-hybridized carbons (Fsp3) is 0.333. The predicted molar refractivity (Wildman–Crippen MR) is 107 cm³/mol. The molecule has 0 fully saturated rings. The Kier molecular flexibility index (Phi) is 5.33. The van der Waals surface area contributed by atoms with Crippen LogP contribution in [0.2, 0.25) is 0 Å². The third kappa shape index (κ3) is 3.88. The summed E-state index contributed by atoms with van der Waals surface area (Å²) in [6, 6.07) is 6.59. The first-order chi connectivity index (χ1) is 12.8. The Morgan fingerprint density at radius 2 is 1.89 bits per heavy atom. The first kappa shape index (κ1) is 19.1. The second-order valence-electron chi connectivity index (χ2n) is 6.35. The van der Waals surface area contributed by atoms with Crippen LogP contribution in [0.25, 0.3) is 22.8 Å². The zero-order chi connectivity index (χ0) is 19.6. The van der Waals surface area contributed by atoms with Crippen molar-refractivity contribution < 1.29 is 17.1 Å². The van der Waals surface area contributed by atoms with E-state index in [-0.39, 0.29) is 15.1 Å². The Bertz CT molecular complexity index is 1060. The van der Waals surface area contributed by atoms with Crippen LogP contribution in [0.5, 0.6) is 0 Å². The quantitative estimate of drug-likeness (QED) is 0.677. The largest absolute Gasteiger partial charge is 0.419 e. The van der Waals surface area contributed by atoms with E-state index in [1.807, 2.05) is 0 Å². The van der Waals surface area contributed by atoms with Crippen LogP contribution in [0.1, 0.15) is 29.7 Å². The van der Waals surface area contributed by atoms with Gasteiger partial charge in [-0.3, -0.25) is 4.98 Å². The number of aryl methyl sites for hydroxylation is 1. The number of sulfone groups is 1. The van der Waals surface area contributed by atoms with Crippen LogP contribution in [-0.2, 0) is 16.3 Å². The molecule has 0 bridgehead atoms. The number of aromatic nitrogens is 4. The van der Waals surface area contributed by atoms with Crippen molar-refractivity contribution in [2.75, 3.05) is 6.54 Å². The lowest BCUT2D eigenvalue weighted by molar-refractivity contribution is 0.505. The van der Waals surface area contributed by atoms with Gasteiger partial charge in [-0.1, -0.05) is 12.1 Å². The monoisotopic (exact) mass is 393 g/mol. The van der Waals surface area contributed by atoms with Gasteiger partial charge >= 0.3 is 0 Å². The van der Waals surface area contributed by atoms with Gasteiger partial charge in [0.25, 0.3) is 5.89 Å². The molecule has 0 radical (unpaired) electrons. The van der Waals surface area contributed by atoms with Crippen LogP contribution in [-0.4, -0.2) is 40.4 Å². The lowest BCUT2D eigenvalue weighted by atomic mass is 10.1. The van der Waals surface area contributed by atoms with Crippen molar-refractivity contribution in [3.8, 4) is 22.8 Å². The number of hydrogen-bond donors (Lipinski definition) is 1. The highest BCUT2D eigenvalue weighted by Gasteiger charge is 2.19. The van der Waals surface area contributed by atoms with Crippen LogP contribution < -0.4 is 5.73 Å². The fourth-order valence-corrected chi connectivity index (χ4v) is 3.51. The SMILES string of the molecule is Cc1ncc(-c2ccc(S(=O)(=O)C(C)C)cc2)nc1-c1nnc(CCN)o1.[HH].[HH].[HH]. The molecule has 2 N–H and O–H groups in total. The second-order valence-corrected chi connectivity index (χ2v) is 8.85. The van der Waals surface area contributed by atoms with E-state index < -0.39 is 15.1 Å². The number of rotatable bonds is 6. The molecular weight excluding hydrogens is 366 g/mol. The van der Waals surface area contributed by atoms with Crippen molar-refractivity contribution >= 4 is 9.84 Å². The smallest absolute Gasteiger partial charge is 0.268 e. The lowest BCUT2D eigenvalue weighted by Crippen LogP contribution is -2.13. The van der Waals surface area contributed by atoms with Crippen LogP contribution in [0, 0.1) is 6.92 Å². The van der Waals surface area contributed by atoms with E-state index in [0.29, 0.717) is 35.9 Å². The Morgan fingerprint density at radius 1 is 1.19 bits per heavy atom.